The number of hydrogen-bond acceptors (Lipinski definition) is 2. The van der Waals surface area contributed by atoms with Crippen LogP contribution in [0.1, 0.15) is 0 Å². The summed E-state index contributed by atoms with van der Waals surface area (Å²) in [7, 11) is 0. The highest BCUT2D eigenvalue weighted by atomic mass is 16.3. The van der Waals surface area contributed by atoms with Crippen molar-refractivity contribution >= 4 is 60.5 Å². The van der Waals surface area contributed by atoms with Crippen molar-refractivity contribution in [3.8, 4) is 55.6 Å². The highest BCUT2D eigenvalue weighted by Gasteiger charge is 2.21. The number of para-hydroxylation sites is 2. The van der Waals surface area contributed by atoms with E-state index in [1.807, 2.05) is 6.07 Å². The van der Waals surface area contributed by atoms with Crippen molar-refractivity contribution in [1.82, 2.24) is 0 Å². The predicted octanol–water partition coefficient (Wildman–Crippen LogP) is 17.7. The Kier molecular flexibility index (Phi) is 9.20. The van der Waals surface area contributed by atoms with Crippen LogP contribution in [0, 0.1) is 0 Å². The lowest BCUT2D eigenvalue weighted by Crippen LogP contribution is -2.11. The van der Waals surface area contributed by atoms with Gasteiger partial charge in [0.2, 0.25) is 0 Å². The molecule has 64 heavy (non-hydrogen) atoms. The Hall–Kier alpha value is -8.46. The van der Waals surface area contributed by atoms with Gasteiger partial charge in [-0.2, -0.15) is 0 Å². The summed E-state index contributed by atoms with van der Waals surface area (Å²) in [4.78, 5) is 2.40. The number of benzene rings is 11. The third-order valence-corrected chi connectivity index (χ3v) is 12.7. The molecule has 0 aliphatic heterocycles. The van der Waals surface area contributed by atoms with Gasteiger partial charge < -0.3 is 9.32 Å². The predicted molar refractivity (Wildman–Crippen MR) is 271 cm³/mol. The largest absolute Gasteiger partial charge is 0.456 e. The van der Waals surface area contributed by atoms with Crippen LogP contribution in [-0.2, 0) is 0 Å². The summed E-state index contributed by atoms with van der Waals surface area (Å²) in [5, 5.41) is 7.27. The molecule has 0 radical (unpaired) electrons. The van der Waals surface area contributed by atoms with Crippen molar-refractivity contribution in [3.05, 3.63) is 249 Å². The summed E-state index contributed by atoms with van der Waals surface area (Å²) in [6.07, 6.45) is 0. The summed E-state index contributed by atoms with van der Waals surface area (Å²) in [5.74, 6) is 0. The van der Waals surface area contributed by atoms with Crippen molar-refractivity contribution in [2.75, 3.05) is 4.90 Å². The van der Waals surface area contributed by atoms with Crippen LogP contribution in [0.2, 0.25) is 0 Å². The van der Waals surface area contributed by atoms with E-state index in [0.717, 1.165) is 55.7 Å². The van der Waals surface area contributed by atoms with E-state index in [4.69, 9.17) is 4.42 Å². The molecule has 0 fully saturated rings. The molecule has 0 aliphatic rings. The standard InChI is InChI=1S/C62H41NO/c1-3-15-42(16-4-1)47-39-48(43-17-5-2-6-18-43)41-49(40-47)44-29-34-50(35-30-44)63(59-26-11-9-21-56(59)57-25-14-28-61-62(57)58-22-10-12-27-60(58)64-61)51-36-31-46(32-37-51)53-23-13-24-54-52-20-8-7-19-45(52)33-38-55(53)54/h1-41H. The molecule has 0 bridgehead atoms. The van der Waals surface area contributed by atoms with Crippen molar-refractivity contribution in [2.45, 2.75) is 0 Å². The van der Waals surface area contributed by atoms with E-state index in [1.54, 1.807) is 0 Å². The second-order valence-corrected chi connectivity index (χ2v) is 16.4. The van der Waals surface area contributed by atoms with E-state index < -0.39 is 0 Å². The molecule has 0 aliphatic carbocycles. The second-order valence-electron chi connectivity index (χ2n) is 16.4. The molecule has 12 aromatic rings. The lowest BCUT2D eigenvalue weighted by molar-refractivity contribution is 0.669. The van der Waals surface area contributed by atoms with Crippen molar-refractivity contribution in [2.24, 2.45) is 0 Å². The first-order valence-electron chi connectivity index (χ1n) is 21.9. The highest BCUT2D eigenvalue weighted by molar-refractivity contribution is 6.14. The molecule has 11 aromatic carbocycles. The van der Waals surface area contributed by atoms with Gasteiger partial charge in [0.15, 0.2) is 0 Å². The Morgan fingerprint density at radius 3 is 1.47 bits per heavy atom. The molecule has 0 unspecified atom stereocenters. The molecular weight excluding hydrogens is 775 g/mol. The Balaban J connectivity index is 1.01. The van der Waals surface area contributed by atoms with Gasteiger partial charge in [-0.25, -0.2) is 0 Å². The van der Waals surface area contributed by atoms with Crippen LogP contribution in [0.25, 0.3) is 99.1 Å². The molecule has 0 saturated heterocycles. The monoisotopic (exact) mass is 815 g/mol. The molecular formula is C62H41NO. The normalized spacial score (nSPS) is 11.4. The SMILES string of the molecule is c1ccc(-c2cc(-c3ccccc3)cc(-c3ccc(N(c4ccc(-c5cccc6c5ccc5ccccc56)cc4)c4ccccc4-c4cccc5oc6ccccc6c45)cc3)c2)cc1. The van der Waals surface area contributed by atoms with Crippen LogP contribution in [0.15, 0.2) is 253 Å². The average molecular weight is 816 g/mol. The van der Waals surface area contributed by atoms with Gasteiger partial charge >= 0.3 is 0 Å². The highest BCUT2D eigenvalue weighted by Crippen LogP contribution is 2.46. The van der Waals surface area contributed by atoms with Gasteiger partial charge in [0.1, 0.15) is 11.2 Å². The zero-order valence-corrected chi connectivity index (χ0v) is 35.0. The quantitative estimate of drug-likeness (QED) is 0.142. The molecule has 0 N–H and O–H groups in total. The molecule has 2 heteroatoms. The Morgan fingerprint density at radius 2 is 0.766 bits per heavy atom. The third kappa shape index (κ3) is 6.61. The van der Waals surface area contributed by atoms with Crippen LogP contribution < -0.4 is 4.90 Å². The summed E-state index contributed by atoms with van der Waals surface area (Å²) in [6, 6.07) is 89.7. The number of hydrogen-bond donors (Lipinski definition) is 0. The number of furan rings is 1. The fraction of sp³-hybridized carbons (Fsp3) is 0. The van der Waals surface area contributed by atoms with Crippen LogP contribution in [0.5, 0.6) is 0 Å². The van der Waals surface area contributed by atoms with Gasteiger partial charge in [-0.05, 0) is 132 Å². The molecule has 0 saturated carbocycles. The Bertz CT molecular complexity index is 3590. The molecule has 0 spiro atoms. The number of anilines is 3. The molecule has 300 valence electrons. The van der Waals surface area contributed by atoms with Gasteiger partial charge in [-0.3, -0.25) is 0 Å². The van der Waals surface area contributed by atoms with Crippen LogP contribution in [-0.4, -0.2) is 0 Å². The summed E-state index contributed by atoms with van der Waals surface area (Å²) < 4.78 is 6.41. The van der Waals surface area contributed by atoms with E-state index in [-0.39, 0.29) is 0 Å². The number of nitrogens with zero attached hydrogens (tertiary/aromatic N) is 1. The molecule has 1 aromatic heterocycles. The van der Waals surface area contributed by atoms with Gasteiger partial charge in [0, 0.05) is 27.7 Å². The summed E-state index contributed by atoms with van der Waals surface area (Å²) in [5.41, 5.74) is 16.7. The maximum absolute atomic E-state index is 6.41. The second kappa shape index (κ2) is 15.8. The maximum Gasteiger partial charge on any atom is 0.136 e. The fourth-order valence-corrected chi connectivity index (χ4v) is 9.60. The molecule has 2 nitrogen and oxygen atoms in total. The van der Waals surface area contributed by atoms with E-state index in [1.165, 1.54) is 60.5 Å². The molecule has 1 heterocycles. The first kappa shape index (κ1) is 37.3. The molecule has 12 rings (SSSR count). The van der Waals surface area contributed by atoms with Crippen LogP contribution in [0.4, 0.5) is 17.1 Å². The van der Waals surface area contributed by atoms with Crippen molar-refractivity contribution in [3.63, 3.8) is 0 Å². The topological polar surface area (TPSA) is 16.4 Å². The van der Waals surface area contributed by atoms with Gasteiger partial charge in [-0.1, -0.05) is 188 Å². The Morgan fingerprint density at radius 1 is 0.266 bits per heavy atom. The average Bonchev–Trinajstić information content (AvgIpc) is 3.76. The van der Waals surface area contributed by atoms with Crippen molar-refractivity contribution < 1.29 is 4.42 Å². The van der Waals surface area contributed by atoms with E-state index in [2.05, 4.69) is 248 Å². The minimum Gasteiger partial charge on any atom is -0.456 e. The number of rotatable bonds is 8. The minimum atomic E-state index is 0.879. The summed E-state index contributed by atoms with van der Waals surface area (Å²) in [6.45, 7) is 0. The van der Waals surface area contributed by atoms with Gasteiger partial charge in [-0.15, -0.1) is 0 Å². The van der Waals surface area contributed by atoms with Crippen LogP contribution in [0.3, 0.4) is 0 Å². The van der Waals surface area contributed by atoms with Crippen molar-refractivity contribution in [1.29, 1.82) is 0 Å². The van der Waals surface area contributed by atoms with E-state index in [0.29, 0.717) is 0 Å². The Labute approximate surface area is 372 Å². The summed E-state index contributed by atoms with van der Waals surface area (Å²) >= 11 is 0. The molecule has 0 amide bonds. The van der Waals surface area contributed by atoms with E-state index in [9.17, 15) is 0 Å². The lowest BCUT2D eigenvalue weighted by Gasteiger charge is -2.28. The number of fused-ring (bicyclic) bond motifs is 6. The first-order chi connectivity index (χ1) is 31.7. The first-order valence-corrected chi connectivity index (χ1v) is 21.9. The van der Waals surface area contributed by atoms with E-state index >= 15 is 0 Å². The fourth-order valence-electron chi connectivity index (χ4n) is 9.60. The molecule has 0 atom stereocenters. The third-order valence-electron chi connectivity index (χ3n) is 12.7. The minimum absolute atomic E-state index is 0.879. The lowest BCUT2D eigenvalue weighted by atomic mass is 9.93. The maximum atomic E-state index is 6.41. The van der Waals surface area contributed by atoms with Crippen LogP contribution >= 0.6 is 0 Å². The zero-order valence-electron chi connectivity index (χ0n) is 35.0. The van der Waals surface area contributed by atoms with Gasteiger partial charge in [0.05, 0.1) is 5.69 Å². The van der Waals surface area contributed by atoms with Gasteiger partial charge in [0.25, 0.3) is 0 Å². The zero-order chi connectivity index (χ0) is 42.4. The smallest absolute Gasteiger partial charge is 0.136 e.